The molecule has 0 heterocycles. The molecule has 0 aliphatic heterocycles. The number of esters is 1. The highest BCUT2D eigenvalue weighted by atomic mass is 16.5. The molecule has 0 atom stereocenters. The third-order valence-corrected chi connectivity index (χ3v) is 3.52. The van der Waals surface area contributed by atoms with Crippen molar-refractivity contribution in [1.29, 1.82) is 0 Å². The predicted octanol–water partition coefficient (Wildman–Crippen LogP) is 3.14. The van der Waals surface area contributed by atoms with Gasteiger partial charge in [0.15, 0.2) is 0 Å². The minimum absolute atomic E-state index is 0.146. The van der Waals surface area contributed by atoms with Crippen LogP contribution in [0.5, 0.6) is 0 Å². The van der Waals surface area contributed by atoms with E-state index >= 15 is 0 Å². The number of carbonyl (C=O) groups is 2. The van der Waals surface area contributed by atoms with Gasteiger partial charge in [-0.05, 0) is 43.2 Å². The van der Waals surface area contributed by atoms with Crippen molar-refractivity contribution in [3.8, 4) is 0 Å². The maximum Gasteiger partial charge on any atom is 0.337 e. The highest BCUT2D eigenvalue weighted by molar-refractivity contribution is 5.97. The summed E-state index contributed by atoms with van der Waals surface area (Å²) in [6.07, 6.45) is 0. The molecular weight excluding hydrogens is 292 g/mol. The van der Waals surface area contributed by atoms with Crippen molar-refractivity contribution in [1.82, 2.24) is 0 Å². The lowest BCUT2D eigenvalue weighted by Gasteiger charge is -2.12. The van der Waals surface area contributed by atoms with Crippen LogP contribution in [0.25, 0.3) is 0 Å². The molecule has 2 aromatic carbocycles. The van der Waals surface area contributed by atoms with Gasteiger partial charge in [0.25, 0.3) is 0 Å². The van der Waals surface area contributed by atoms with Crippen molar-refractivity contribution < 1.29 is 14.3 Å². The number of amides is 1. The molecule has 0 radical (unpaired) electrons. The summed E-state index contributed by atoms with van der Waals surface area (Å²) in [6, 6.07) is 12.8. The Morgan fingerprint density at radius 2 is 1.70 bits per heavy atom. The fraction of sp³-hybridized carbons (Fsp3) is 0.222. The third-order valence-electron chi connectivity index (χ3n) is 3.52. The summed E-state index contributed by atoms with van der Waals surface area (Å²) in [5.41, 5.74) is 3.87. The number of anilines is 2. The minimum atomic E-state index is -0.432. The average molecular weight is 312 g/mol. The molecule has 0 saturated heterocycles. The van der Waals surface area contributed by atoms with Gasteiger partial charge >= 0.3 is 5.97 Å². The second-order valence-electron chi connectivity index (χ2n) is 5.24. The zero-order valence-electron chi connectivity index (χ0n) is 13.5. The number of nitrogens with one attached hydrogen (secondary N) is 2. The van der Waals surface area contributed by atoms with Crippen LogP contribution in [-0.4, -0.2) is 25.5 Å². The van der Waals surface area contributed by atoms with Crippen molar-refractivity contribution in [3.63, 3.8) is 0 Å². The van der Waals surface area contributed by atoms with Crippen LogP contribution < -0.4 is 10.6 Å². The monoisotopic (exact) mass is 312 g/mol. The first-order valence-corrected chi connectivity index (χ1v) is 7.29. The molecule has 5 nitrogen and oxygen atoms in total. The Morgan fingerprint density at radius 1 is 1.00 bits per heavy atom. The summed E-state index contributed by atoms with van der Waals surface area (Å²) in [6.45, 7) is 3.99. The Hall–Kier alpha value is -2.82. The Labute approximate surface area is 135 Å². The second-order valence-corrected chi connectivity index (χ2v) is 5.24. The molecule has 0 fully saturated rings. The van der Waals surface area contributed by atoms with E-state index < -0.39 is 5.97 Å². The molecule has 0 unspecified atom stereocenters. The molecular formula is C18H20N2O3. The summed E-state index contributed by atoms with van der Waals surface area (Å²) < 4.78 is 4.69. The SMILES string of the molecule is COC(=O)c1ccc(C)c(NC(=O)CNc2ccccc2C)c1. The van der Waals surface area contributed by atoms with Crippen LogP contribution >= 0.6 is 0 Å². The van der Waals surface area contributed by atoms with E-state index in [2.05, 4.69) is 10.6 Å². The molecule has 0 aromatic heterocycles. The molecule has 0 bridgehead atoms. The summed E-state index contributed by atoms with van der Waals surface area (Å²) >= 11 is 0. The number of hydrogen-bond acceptors (Lipinski definition) is 4. The Balaban J connectivity index is 2.02. The fourth-order valence-corrected chi connectivity index (χ4v) is 2.14. The third kappa shape index (κ3) is 4.32. The van der Waals surface area contributed by atoms with Gasteiger partial charge in [0.1, 0.15) is 0 Å². The predicted molar refractivity (Wildman–Crippen MR) is 90.8 cm³/mol. The maximum atomic E-state index is 12.1. The maximum absolute atomic E-state index is 12.1. The average Bonchev–Trinajstić information content (AvgIpc) is 2.55. The van der Waals surface area contributed by atoms with Gasteiger partial charge in [0.2, 0.25) is 5.91 Å². The lowest BCUT2D eigenvalue weighted by molar-refractivity contribution is -0.114. The first-order chi connectivity index (χ1) is 11.0. The Kier molecular flexibility index (Phi) is 5.36. The molecule has 23 heavy (non-hydrogen) atoms. The van der Waals surface area contributed by atoms with E-state index in [4.69, 9.17) is 4.74 Å². The minimum Gasteiger partial charge on any atom is -0.465 e. The number of para-hydroxylation sites is 1. The van der Waals surface area contributed by atoms with Gasteiger partial charge in [-0.15, -0.1) is 0 Å². The van der Waals surface area contributed by atoms with Crippen LogP contribution in [0.1, 0.15) is 21.5 Å². The van der Waals surface area contributed by atoms with Crippen molar-refractivity contribution >= 4 is 23.3 Å². The zero-order chi connectivity index (χ0) is 16.8. The summed E-state index contributed by atoms with van der Waals surface area (Å²) in [4.78, 5) is 23.7. The van der Waals surface area contributed by atoms with E-state index in [1.54, 1.807) is 18.2 Å². The van der Waals surface area contributed by atoms with Gasteiger partial charge in [0, 0.05) is 11.4 Å². The van der Waals surface area contributed by atoms with Crippen molar-refractivity contribution in [2.24, 2.45) is 0 Å². The van der Waals surface area contributed by atoms with Crippen molar-refractivity contribution in [2.45, 2.75) is 13.8 Å². The van der Waals surface area contributed by atoms with Crippen LogP contribution in [0.3, 0.4) is 0 Å². The lowest BCUT2D eigenvalue weighted by atomic mass is 10.1. The normalized spacial score (nSPS) is 10.0. The number of ether oxygens (including phenoxy) is 1. The number of aryl methyl sites for hydroxylation is 2. The summed E-state index contributed by atoms with van der Waals surface area (Å²) in [5.74, 6) is -0.614. The first kappa shape index (κ1) is 16.5. The van der Waals surface area contributed by atoms with Gasteiger partial charge in [-0.1, -0.05) is 24.3 Å². The van der Waals surface area contributed by atoms with Crippen LogP contribution in [-0.2, 0) is 9.53 Å². The smallest absolute Gasteiger partial charge is 0.337 e. The molecule has 2 aromatic rings. The Bertz CT molecular complexity index is 726. The highest BCUT2D eigenvalue weighted by Crippen LogP contribution is 2.18. The molecule has 0 aliphatic rings. The number of rotatable bonds is 5. The van der Waals surface area contributed by atoms with Gasteiger partial charge in [0.05, 0.1) is 19.2 Å². The quantitative estimate of drug-likeness (QED) is 0.832. The molecule has 2 rings (SSSR count). The zero-order valence-corrected chi connectivity index (χ0v) is 13.5. The number of methoxy groups -OCH3 is 1. The largest absolute Gasteiger partial charge is 0.465 e. The van der Waals surface area contributed by atoms with E-state index in [0.717, 1.165) is 16.8 Å². The van der Waals surface area contributed by atoms with Gasteiger partial charge in [-0.3, -0.25) is 4.79 Å². The van der Waals surface area contributed by atoms with E-state index in [-0.39, 0.29) is 12.5 Å². The number of benzene rings is 2. The van der Waals surface area contributed by atoms with E-state index in [1.807, 2.05) is 38.1 Å². The highest BCUT2D eigenvalue weighted by Gasteiger charge is 2.10. The number of carbonyl (C=O) groups excluding carboxylic acids is 2. The second kappa shape index (κ2) is 7.45. The van der Waals surface area contributed by atoms with Crippen LogP contribution in [0, 0.1) is 13.8 Å². The van der Waals surface area contributed by atoms with E-state index in [0.29, 0.717) is 11.3 Å². The van der Waals surface area contributed by atoms with Gasteiger partial charge in [-0.2, -0.15) is 0 Å². The molecule has 120 valence electrons. The standard InChI is InChI=1S/C18H20N2O3/c1-12-6-4-5-7-15(12)19-11-17(21)20-16-10-14(18(22)23-3)9-8-13(16)2/h4-10,19H,11H2,1-3H3,(H,20,21). The van der Waals surface area contributed by atoms with E-state index in [1.165, 1.54) is 7.11 Å². The van der Waals surface area contributed by atoms with Crippen LogP contribution in [0.15, 0.2) is 42.5 Å². The number of hydrogen-bond donors (Lipinski definition) is 2. The van der Waals surface area contributed by atoms with Crippen LogP contribution in [0.4, 0.5) is 11.4 Å². The topological polar surface area (TPSA) is 67.4 Å². The first-order valence-electron chi connectivity index (χ1n) is 7.29. The van der Waals surface area contributed by atoms with Crippen LogP contribution in [0.2, 0.25) is 0 Å². The Morgan fingerprint density at radius 3 is 2.39 bits per heavy atom. The molecule has 5 heteroatoms. The fourth-order valence-electron chi connectivity index (χ4n) is 2.14. The summed E-state index contributed by atoms with van der Waals surface area (Å²) in [7, 11) is 1.33. The molecule has 0 spiro atoms. The van der Waals surface area contributed by atoms with E-state index in [9.17, 15) is 9.59 Å². The van der Waals surface area contributed by atoms with Gasteiger partial charge in [-0.25, -0.2) is 4.79 Å². The van der Waals surface area contributed by atoms with Crippen molar-refractivity contribution in [3.05, 3.63) is 59.2 Å². The van der Waals surface area contributed by atoms with Crippen molar-refractivity contribution in [2.75, 3.05) is 24.3 Å². The lowest BCUT2D eigenvalue weighted by Crippen LogP contribution is -2.22. The van der Waals surface area contributed by atoms with Gasteiger partial charge < -0.3 is 15.4 Å². The molecule has 1 amide bonds. The summed E-state index contributed by atoms with van der Waals surface area (Å²) in [5, 5.41) is 5.91. The molecule has 0 saturated carbocycles. The molecule has 2 N–H and O–H groups in total. The molecule has 0 aliphatic carbocycles.